The molecule has 1 aliphatic rings. The number of hydrogen-bond donors (Lipinski definition) is 1. The molecule has 1 aliphatic carbocycles. The summed E-state index contributed by atoms with van der Waals surface area (Å²) in [7, 11) is 0. The van der Waals surface area contributed by atoms with Gasteiger partial charge in [-0.2, -0.15) is 0 Å². The number of nitrogens with one attached hydrogen (secondary N) is 1. The second-order valence-corrected chi connectivity index (χ2v) is 10.2. The van der Waals surface area contributed by atoms with E-state index in [1.54, 1.807) is 6.20 Å². The van der Waals surface area contributed by atoms with Crippen LogP contribution in [0.3, 0.4) is 0 Å². The van der Waals surface area contributed by atoms with E-state index >= 15 is 0 Å². The zero-order valence-corrected chi connectivity index (χ0v) is 19.0. The van der Waals surface area contributed by atoms with Gasteiger partial charge in [0.2, 0.25) is 0 Å². The molecular formula is C26H43NO. The van der Waals surface area contributed by atoms with Crippen LogP contribution in [0.15, 0.2) is 37.0 Å². The SMILES string of the molecule is C=CNCCCC(CC(C)C)c1ccc(OC[C@H]2CC(C)(C)CCC2C)cc1. The zero-order chi connectivity index (χ0) is 20.6. The molecule has 0 saturated heterocycles. The lowest BCUT2D eigenvalue weighted by Crippen LogP contribution is -2.32. The lowest BCUT2D eigenvalue weighted by Gasteiger charge is -2.39. The number of hydrogen-bond acceptors (Lipinski definition) is 2. The third kappa shape index (κ3) is 7.53. The Hall–Kier alpha value is -1.44. The summed E-state index contributed by atoms with van der Waals surface area (Å²) in [5.74, 6) is 3.81. The second-order valence-electron chi connectivity index (χ2n) is 10.2. The van der Waals surface area contributed by atoms with Crippen LogP contribution in [0.4, 0.5) is 0 Å². The number of ether oxygens (including phenoxy) is 1. The standard InChI is InChI=1S/C26H43NO/c1-7-27-16-8-9-23(17-20(2)3)22-10-12-25(13-11-22)28-19-24-18-26(5,6)15-14-21(24)4/h7,10-13,20-21,23-24,27H,1,8-9,14-19H2,2-6H3/t21?,23?,24-/m1/s1. The quantitative estimate of drug-likeness (QED) is 0.408. The highest BCUT2D eigenvalue weighted by molar-refractivity contribution is 5.29. The zero-order valence-electron chi connectivity index (χ0n) is 19.0. The van der Waals surface area contributed by atoms with Crippen molar-refractivity contribution in [3.05, 3.63) is 42.6 Å². The first-order valence-corrected chi connectivity index (χ1v) is 11.4. The van der Waals surface area contributed by atoms with Crippen LogP contribution in [0.1, 0.15) is 84.6 Å². The van der Waals surface area contributed by atoms with Crippen molar-refractivity contribution in [1.29, 1.82) is 0 Å². The first-order valence-electron chi connectivity index (χ1n) is 11.4. The third-order valence-corrected chi connectivity index (χ3v) is 6.49. The molecule has 158 valence electrons. The highest BCUT2D eigenvalue weighted by atomic mass is 16.5. The Bertz CT molecular complexity index is 575. The predicted octanol–water partition coefficient (Wildman–Crippen LogP) is 7.17. The summed E-state index contributed by atoms with van der Waals surface area (Å²) >= 11 is 0. The van der Waals surface area contributed by atoms with Crippen molar-refractivity contribution in [3.63, 3.8) is 0 Å². The largest absolute Gasteiger partial charge is 0.493 e. The van der Waals surface area contributed by atoms with Gasteiger partial charge in [-0.3, -0.25) is 0 Å². The molecule has 0 aromatic heterocycles. The van der Waals surface area contributed by atoms with E-state index in [0.29, 0.717) is 23.2 Å². The van der Waals surface area contributed by atoms with E-state index in [2.05, 4.69) is 70.8 Å². The Morgan fingerprint density at radius 2 is 1.96 bits per heavy atom. The molecule has 0 aliphatic heterocycles. The van der Waals surface area contributed by atoms with Gasteiger partial charge in [-0.15, -0.1) is 0 Å². The molecule has 2 rings (SSSR count). The second kappa shape index (κ2) is 10.9. The van der Waals surface area contributed by atoms with Gasteiger partial charge in [0.25, 0.3) is 0 Å². The summed E-state index contributed by atoms with van der Waals surface area (Å²) in [4.78, 5) is 0. The Labute approximate surface area is 174 Å². The van der Waals surface area contributed by atoms with Crippen LogP contribution in [-0.4, -0.2) is 13.2 Å². The molecule has 2 nitrogen and oxygen atoms in total. The Morgan fingerprint density at radius 1 is 1.25 bits per heavy atom. The van der Waals surface area contributed by atoms with Gasteiger partial charge in [-0.1, -0.05) is 53.3 Å². The van der Waals surface area contributed by atoms with Crippen molar-refractivity contribution in [3.8, 4) is 5.75 Å². The van der Waals surface area contributed by atoms with E-state index in [4.69, 9.17) is 4.74 Å². The van der Waals surface area contributed by atoms with Crippen LogP contribution in [-0.2, 0) is 0 Å². The maximum atomic E-state index is 6.22. The molecule has 1 saturated carbocycles. The molecule has 1 aromatic carbocycles. The van der Waals surface area contributed by atoms with E-state index in [1.165, 1.54) is 44.1 Å². The lowest BCUT2D eigenvalue weighted by molar-refractivity contribution is 0.0851. The maximum Gasteiger partial charge on any atom is 0.119 e. The van der Waals surface area contributed by atoms with Crippen LogP contribution in [0.2, 0.25) is 0 Å². The van der Waals surface area contributed by atoms with Crippen LogP contribution in [0.5, 0.6) is 5.75 Å². The molecule has 1 N–H and O–H groups in total. The molecular weight excluding hydrogens is 342 g/mol. The summed E-state index contributed by atoms with van der Waals surface area (Å²) in [6.07, 6.45) is 9.38. The topological polar surface area (TPSA) is 21.3 Å². The van der Waals surface area contributed by atoms with Crippen LogP contribution >= 0.6 is 0 Å². The van der Waals surface area contributed by atoms with Crippen molar-refractivity contribution >= 4 is 0 Å². The fourth-order valence-corrected chi connectivity index (χ4v) is 4.67. The average molecular weight is 386 g/mol. The van der Waals surface area contributed by atoms with E-state index in [9.17, 15) is 0 Å². The highest BCUT2D eigenvalue weighted by Crippen LogP contribution is 2.41. The molecule has 0 amide bonds. The molecule has 0 bridgehead atoms. The predicted molar refractivity (Wildman–Crippen MR) is 122 cm³/mol. The Balaban J connectivity index is 1.91. The van der Waals surface area contributed by atoms with Gasteiger partial charge in [0, 0.05) is 6.54 Å². The summed E-state index contributed by atoms with van der Waals surface area (Å²) < 4.78 is 6.22. The van der Waals surface area contributed by atoms with Crippen molar-refractivity contribution in [2.24, 2.45) is 23.2 Å². The fourth-order valence-electron chi connectivity index (χ4n) is 4.67. The van der Waals surface area contributed by atoms with Crippen molar-refractivity contribution in [2.45, 2.75) is 79.1 Å². The van der Waals surface area contributed by atoms with Crippen molar-refractivity contribution in [2.75, 3.05) is 13.2 Å². The smallest absolute Gasteiger partial charge is 0.119 e. The van der Waals surface area contributed by atoms with Gasteiger partial charge in [-0.05, 0) is 91.5 Å². The van der Waals surface area contributed by atoms with Crippen molar-refractivity contribution < 1.29 is 4.74 Å². The van der Waals surface area contributed by atoms with Gasteiger partial charge in [0.15, 0.2) is 0 Å². The first-order chi connectivity index (χ1) is 13.3. The van der Waals surface area contributed by atoms with Crippen LogP contribution in [0.25, 0.3) is 0 Å². The molecule has 1 fully saturated rings. The van der Waals surface area contributed by atoms with Gasteiger partial charge in [-0.25, -0.2) is 0 Å². The molecule has 3 atom stereocenters. The third-order valence-electron chi connectivity index (χ3n) is 6.49. The molecule has 2 heteroatoms. The van der Waals surface area contributed by atoms with Crippen molar-refractivity contribution in [1.82, 2.24) is 5.32 Å². The van der Waals surface area contributed by atoms with Gasteiger partial charge >= 0.3 is 0 Å². The molecule has 1 aromatic rings. The summed E-state index contributed by atoms with van der Waals surface area (Å²) in [5, 5.41) is 3.22. The Kier molecular flexibility index (Phi) is 8.92. The summed E-state index contributed by atoms with van der Waals surface area (Å²) in [5.41, 5.74) is 1.92. The normalized spacial score (nSPS) is 22.6. The molecule has 0 heterocycles. The molecule has 0 spiro atoms. The van der Waals surface area contributed by atoms with E-state index < -0.39 is 0 Å². The van der Waals surface area contributed by atoms with Gasteiger partial charge in [0.1, 0.15) is 5.75 Å². The summed E-state index contributed by atoms with van der Waals surface area (Å²) in [6, 6.07) is 8.95. The van der Waals surface area contributed by atoms with Gasteiger partial charge in [0.05, 0.1) is 6.61 Å². The minimum absolute atomic E-state index is 0.467. The number of benzene rings is 1. The summed E-state index contributed by atoms with van der Waals surface area (Å²) in [6.45, 7) is 17.4. The Morgan fingerprint density at radius 3 is 2.61 bits per heavy atom. The average Bonchev–Trinajstić information content (AvgIpc) is 2.65. The minimum Gasteiger partial charge on any atom is -0.493 e. The maximum absolute atomic E-state index is 6.22. The van der Waals surface area contributed by atoms with E-state index in [0.717, 1.165) is 24.8 Å². The van der Waals surface area contributed by atoms with E-state index in [1.807, 2.05) is 0 Å². The van der Waals surface area contributed by atoms with Crippen LogP contribution < -0.4 is 10.1 Å². The number of rotatable bonds is 11. The molecule has 2 unspecified atom stereocenters. The molecule has 0 radical (unpaired) electrons. The highest BCUT2D eigenvalue weighted by Gasteiger charge is 2.32. The minimum atomic E-state index is 0.467. The monoisotopic (exact) mass is 385 g/mol. The van der Waals surface area contributed by atoms with Gasteiger partial charge < -0.3 is 10.1 Å². The lowest BCUT2D eigenvalue weighted by atomic mass is 9.68. The van der Waals surface area contributed by atoms with Crippen LogP contribution in [0, 0.1) is 23.2 Å². The molecule has 28 heavy (non-hydrogen) atoms. The van der Waals surface area contributed by atoms with E-state index in [-0.39, 0.29) is 0 Å². The fraction of sp³-hybridized carbons (Fsp3) is 0.692. The first kappa shape index (κ1) is 22.8.